The maximum atomic E-state index is 9.99. The Balaban J connectivity index is 3.18. The van der Waals surface area contributed by atoms with Crippen LogP contribution in [0, 0.1) is 13.8 Å². The Morgan fingerprint density at radius 1 is 1.56 bits per heavy atom. The lowest BCUT2D eigenvalue weighted by Crippen LogP contribution is -1.81. The molecular weight excluding hydrogens is 118 g/mol. The van der Waals surface area contributed by atoms with Gasteiger partial charge in [-0.05, 0) is 13.8 Å². The summed E-state index contributed by atoms with van der Waals surface area (Å²) in [5.74, 6) is 0.674. The van der Waals surface area contributed by atoms with Gasteiger partial charge in [-0.15, -0.1) is 0 Å². The molecule has 0 N–H and O–H groups in total. The van der Waals surface area contributed by atoms with Gasteiger partial charge in [0.1, 0.15) is 5.76 Å². The second-order valence-electron chi connectivity index (χ2n) is 1.81. The summed E-state index contributed by atoms with van der Waals surface area (Å²) < 4.78 is 4.67. The summed E-state index contributed by atoms with van der Waals surface area (Å²) in [4.78, 5) is 9.99. The van der Waals surface area contributed by atoms with Crippen LogP contribution in [-0.4, -0.2) is 11.4 Å². The standard InChI is InChI=1S/C6H6NO2/c1-4-5(2)9-7-6(4)3-8/h1-2H3. The van der Waals surface area contributed by atoms with Crippen LogP contribution in [-0.2, 0) is 4.79 Å². The third kappa shape index (κ3) is 0.850. The molecule has 1 radical (unpaired) electrons. The van der Waals surface area contributed by atoms with E-state index in [2.05, 4.69) is 9.68 Å². The molecule has 0 saturated carbocycles. The van der Waals surface area contributed by atoms with Crippen molar-refractivity contribution in [2.24, 2.45) is 0 Å². The average Bonchev–Trinajstić information content (AvgIpc) is 2.15. The summed E-state index contributed by atoms with van der Waals surface area (Å²) in [6.07, 6.45) is 1.66. The van der Waals surface area contributed by atoms with E-state index in [4.69, 9.17) is 0 Å². The van der Waals surface area contributed by atoms with Gasteiger partial charge in [-0.25, -0.2) is 0 Å². The van der Waals surface area contributed by atoms with E-state index >= 15 is 0 Å². The van der Waals surface area contributed by atoms with Gasteiger partial charge in [-0.3, -0.25) is 4.79 Å². The van der Waals surface area contributed by atoms with Crippen LogP contribution in [0.3, 0.4) is 0 Å². The molecule has 1 heterocycles. The number of carbonyl (C=O) groups excluding carboxylic acids is 1. The molecule has 47 valence electrons. The quantitative estimate of drug-likeness (QED) is 0.554. The van der Waals surface area contributed by atoms with Gasteiger partial charge in [-0.1, -0.05) is 5.16 Å². The van der Waals surface area contributed by atoms with Crippen LogP contribution in [0.5, 0.6) is 0 Å². The van der Waals surface area contributed by atoms with Gasteiger partial charge in [0.05, 0.1) is 0 Å². The monoisotopic (exact) mass is 124 g/mol. The Morgan fingerprint density at radius 2 is 2.22 bits per heavy atom. The summed E-state index contributed by atoms with van der Waals surface area (Å²) in [5, 5.41) is 3.44. The Bertz CT molecular complexity index is 227. The molecule has 0 amide bonds. The van der Waals surface area contributed by atoms with Crippen molar-refractivity contribution in [2.45, 2.75) is 13.8 Å². The molecule has 1 aromatic heterocycles. The van der Waals surface area contributed by atoms with E-state index in [0.29, 0.717) is 5.76 Å². The summed E-state index contributed by atoms with van der Waals surface area (Å²) in [7, 11) is 0. The van der Waals surface area contributed by atoms with Crippen LogP contribution in [0.2, 0.25) is 0 Å². The van der Waals surface area contributed by atoms with Gasteiger partial charge in [-0.2, -0.15) is 0 Å². The van der Waals surface area contributed by atoms with Crippen molar-refractivity contribution in [1.82, 2.24) is 5.16 Å². The van der Waals surface area contributed by atoms with E-state index in [0.717, 1.165) is 5.56 Å². The largest absolute Gasteiger partial charge is 0.361 e. The fourth-order valence-electron chi connectivity index (χ4n) is 0.513. The van der Waals surface area contributed by atoms with Crippen molar-refractivity contribution in [3.05, 3.63) is 17.0 Å². The van der Waals surface area contributed by atoms with Crippen molar-refractivity contribution in [3.8, 4) is 0 Å². The second kappa shape index (κ2) is 2.01. The van der Waals surface area contributed by atoms with E-state index in [1.54, 1.807) is 20.1 Å². The first kappa shape index (κ1) is 6.01. The van der Waals surface area contributed by atoms with Gasteiger partial charge < -0.3 is 4.52 Å². The molecule has 0 fully saturated rings. The molecule has 0 aliphatic rings. The van der Waals surface area contributed by atoms with Crippen LogP contribution < -0.4 is 0 Å². The SMILES string of the molecule is Cc1onc([C]=O)c1C. The minimum atomic E-state index is 0.271. The molecular formula is C6H6NO2. The van der Waals surface area contributed by atoms with E-state index in [1.807, 2.05) is 0 Å². The third-order valence-corrected chi connectivity index (χ3v) is 1.25. The van der Waals surface area contributed by atoms with Crippen molar-refractivity contribution in [3.63, 3.8) is 0 Å². The van der Waals surface area contributed by atoms with Crippen LogP contribution in [0.15, 0.2) is 4.52 Å². The molecule has 0 aromatic carbocycles. The van der Waals surface area contributed by atoms with Crippen molar-refractivity contribution in [1.29, 1.82) is 0 Å². The average molecular weight is 124 g/mol. The normalized spacial score (nSPS) is 9.56. The van der Waals surface area contributed by atoms with E-state index in [-0.39, 0.29) is 5.69 Å². The van der Waals surface area contributed by atoms with Crippen LogP contribution >= 0.6 is 0 Å². The maximum Gasteiger partial charge on any atom is 0.257 e. The fraction of sp³-hybridized carbons (Fsp3) is 0.333. The van der Waals surface area contributed by atoms with Crippen molar-refractivity contribution >= 4 is 6.29 Å². The van der Waals surface area contributed by atoms with Crippen LogP contribution in [0.25, 0.3) is 0 Å². The molecule has 0 spiro atoms. The van der Waals surface area contributed by atoms with Gasteiger partial charge >= 0.3 is 0 Å². The number of hydrogen-bond acceptors (Lipinski definition) is 3. The highest BCUT2D eigenvalue weighted by molar-refractivity contribution is 5.74. The molecule has 0 bridgehead atoms. The topological polar surface area (TPSA) is 43.1 Å². The molecule has 0 saturated heterocycles. The minimum absolute atomic E-state index is 0.271. The van der Waals surface area contributed by atoms with Gasteiger partial charge in [0.2, 0.25) is 0 Å². The summed E-state index contributed by atoms with van der Waals surface area (Å²) in [6, 6.07) is 0. The molecule has 0 atom stereocenters. The molecule has 0 unspecified atom stereocenters. The van der Waals surface area contributed by atoms with Crippen LogP contribution in [0.1, 0.15) is 17.0 Å². The zero-order valence-electron chi connectivity index (χ0n) is 5.26. The summed E-state index contributed by atoms with van der Waals surface area (Å²) >= 11 is 0. The molecule has 0 aliphatic heterocycles. The second-order valence-corrected chi connectivity index (χ2v) is 1.81. The van der Waals surface area contributed by atoms with Crippen molar-refractivity contribution < 1.29 is 9.32 Å². The van der Waals surface area contributed by atoms with E-state index < -0.39 is 0 Å². The molecule has 0 aliphatic carbocycles. The zero-order chi connectivity index (χ0) is 6.85. The Labute approximate surface area is 52.7 Å². The van der Waals surface area contributed by atoms with Crippen molar-refractivity contribution in [2.75, 3.05) is 0 Å². The highest BCUT2D eigenvalue weighted by atomic mass is 16.5. The molecule has 1 rings (SSSR count). The highest BCUT2D eigenvalue weighted by Crippen LogP contribution is 2.07. The lowest BCUT2D eigenvalue weighted by atomic mass is 10.2. The number of rotatable bonds is 1. The van der Waals surface area contributed by atoms with Crippen LogP contribution in [0.4, 0.5) is 0 Å². The summed E-state index contributed by atoms with van der Waals surface area (Å²) in [6.45, 7) is 3.52. The minimum Gasteiger partial charge on any atom is -0.361 e. The molecule has 3 nitrogen and oxygen atoms in total. The number of aromatic nitrogens is 1. The molecule has 9 heavy (non-hydrogen) atoms. The molecule has 1 aromatic rings. The molecule has 3 heteroatoms. The zero-order valence-corrected chi connectivity index (χ0v) is 5.26. The predicted molar refractivity (Wildman–Crippen MR) is 30.8 cm³/mol. The first-order chi connectivity index (χ1) is 4.25. The Morgan fingerprint density at radius 3 is 2.44 bits per heavy atom. The predicted octanol–water partition coefficient (Wildman–Crippen LogP) is 0.749. The number of nitrogens with zero attached hydrogens (tertiary/aromatic N) is 1. The van der Waals surface area contributed by atoms with Gasteiger partial charge in [0.25, 0.3) is 6.29 Å². The van der Waals surface area contributed by atoms with Gasteiger partial charge in [0.15, 0.2) is 5.69 Å². The highest BCUT2D eigenvalue weighted by Gasteiger charge is 2.05. The van der Waals surface area contributed by atoms with Gasteiger partial charge in [0, 0.05) is 5.56 Å². The Kier molecular flexibility index (Phi) is 1.34. The lowest BCUT2D eigenvalue weighted by molar-refractivity contribution is 0.394. The maximum absolute atomic E-state index is 9.99. The summed E-state index contributed by atoms with van der Waals surface area (Å²) in [5.41, 5.74) is 1.04. The van der Waals surface area contributed by atoms with E-state index in [9.17, 15) is 4.79 Å². The third-order valence-electron chi connectivity index (χ3n) is 1.25. The fourth-order valence-corrected chi connectivity index (χ4v) is 0.513. The first-order valence-corrected chi connectivity index (χ1v) is 2.56. The smallest absolute Gasteiger partial charge is 0.257 e. The van der Waals surface area contributed by atoms with E-state index in [1.165, 1.54) is 0 Å². The Hall–Kier alpha value is -1.12. The number of hydrogen-bond donors (Lipinski definition) is 0. The first-order valence-electron chi connectivity index (χ1n) is 2.56. The lowest BCUT2D eigenvalue weighted by Gasteiger charge is -1.79. The number of aryl methyl sites for hydroxylation is 1.